The van der Waals surface area contributed by atoms with E-state index in [1.54, 1.807) is 13.0 Å². The van der Waals surface area contributed by atoms with Gasteiger partial charge in [-0.25, -0.2) is 4.39 Å². The zero-order chi connectivity index (χ0) is 11.4. The van der Waals surface area contributed by atoms with Gasteiger partial charge < -0.3 is 16.2 Å². The quantitative estimate of drug-likeness (QED) is 0.666. The second-order valence-electron chi connectivity index (χ2n) is 3.86. The first-order valence-corrected chi connectivity index (χ1v) is 4.95. The first-order valence-electron chi connectivity index (χ1n) is 4.95. The first-order chi connectivity index (χ1) is 7.04. The lowest BCUT2D eigenvalue weighted by Gasteiger charge is -2.13. The molecule has 15 heavy (non-hydrogen) atoms. The van der Waals surface area contributed by atoms with Crippen molar-refractivity contribution < 1.29 is 9.50 Å². The molecule has 1 aromatic rings. The fraction of sp³-hybridized carbons (Fsp3) is 0.455. The van der Waals surface area contributed by atoms with Gasteiger partial charge in [-0.05, 0) is 30.5 Å². The zero-order valence-electron chi connectivity index (χ0n) is 9.05. The summed E-state index contributed by atoms with van der Waals surface area (Å²) in [7, 11) is 0. The summed E-state index contributed by atoms with van der Waals surface area (Å²) in [5.74, 6) is -0.150. The summed E-state index contributed by atoms with van der Waals surface area (Å²) in [6.45, 7) is 4.34. The maximum absolute atomic E-state index is 13.1. The topological polar surface area (TPSA) is 58.3 Å². The van der Waals surface area contributed by atoms with Gasteiger partial charge in [-0.3, -0.25) is 0 Å². The van der Waals surface area contributed by atoms with Crippen LogP contribution < -0.4 is 11.1 Å². The molecule has 1 rings (SSSR count). The molecule has 0 heterocycles. The molecule has 0 saturated carbocycles. The van der Waals surface area contributed by atoms with Crippen molar-refractivity contribution >= 4 is 11.4 Å². The van der Waals surface area contributed by atoms with Gasteiger partial charge in [-0.2, -0.15) is 0 Å². The molecule has 0 aromatic heterocycles. The molecule has 1 atom stereocenters. The number of halogens is 1. The second-order valence-corrected chi connectivity index (χ2v) is 3.86. The van der Waals surface area contributed by atoms with E-state index in [1.807, 2.05) is 6.92 Å². The maximum atomic E-state index is 13.1. The number of hydrogen-bond acceptors (Lipinski definition) is 3. The van der Waals surface area contributed by atoms with E-state index < -0.39 is 0 Å². The average Bonchev–Trinajstić information content (AvgIpc) is 2.21. The molecule has 0 aliphatic heterocycles. The van der Waals surface area contributed by atoms with Crippen molar-refractivity contribution in [3.05, 3.63) is 23.5 Å². The molecular weight excluding hydrogens is 195 g/mol. The summed E-state index contributed by atoms with van der Waals surface area (Å²) in [5.41, 5.74) is 7.32. The molecule has 84 valence electrons. The molecule has 0 spiro atoms. The molecule has 0 fully saturated rings. The van der Waals surface area contributed by atoms with Crippen LogP contribution in [0.3, 0.4) is 0 Å². The molecular formula is C11H17FN2O. The van der Waals surface area contributed by atoms with Gasteiger partial charge in [0.25, 0.3) is 0 Å². The Balaban J connectivity index is 2.73. The summed E-state index contributed by atoms with van der Waals surface area (Å²) in [4.78, 5) is 0. The molecule has 3 nitrogen and oxygen atoms in total. The Bertz CT molecular complexity index is 342. The Labute approximate surface area is 89.1 Å². The predicted octanol–water partition coefficient (Wildman–Crippen LogP) is 1.76. The molecule has 0 bridgehead atoms. The van der Waals surface area contributed by atoms with Crippen LogP contribution in [0.15, 0.2) is 12.1 Å². The van der Waals surface area contributed by atoms with Crippen molar-refractivity contribution in [1.29, 1.82) is 0 Å². The van der Waals surface area contributed by atoms with E-state index in [-0.39, 0.29) is 18.3 Å². The normalized spacial score (nSPS) is 12.5. The number of aryl methyl sites for hydroxylation is 1. The monoisotopic (exact) mass is 212 g/mol. The third-order valence-electron chi connectivity index (χ3n) is 2.28. The van der Waals surface area contributed by atoms with Gasteiger partial charge in [0, 0.05) is 13.2 Å². The largest absolute Gasteiger partial charge is 0.397 e. The fourth-order valence-corrected chi connectivity index (χ4v) is 1.20. The summed E-state index contributed by atoms with van der Waals surface area (Å²) in [5, 5.41) is 11.9. The van der Waals surface area contributed by atoms with Crippen LogP contribution in [0.4, 0.5) is 15.8 Å². The van der Waals surface area contributed by atoms with Gasteiger partial charge in [-0.15, -0.1) is 0 Å². The predicted molar refractivity (Wildman–Crippen MR) is 60.3 cm³/mol. The first kappa shape index (κ1) is 11.8. The molecule has 1 aromatic carbocycles. The van der Waals surface area contributed by atoms with Gasteiger partial charge in [0.1, 0.15) is 5.82 Å². The number of nitrogens with two attached hydrogens (primary N) is 1. The smallest absolute Gasteiger partial charge is 0.128 e. The van der Waals surface area contributed by atoms with Crippen molar-refractivity contribution in [3.8, 4) is 0 Å². The SMILES string of the molecule is Cc1cc(NCC(C)CO)c(N)cc1F. The number of anilines is 2. The Morgan fingerprint density at radius 3 is 2.80 bits per heavy atom. The van der Waals surface area contributed by atoms with Crippen molar-refractivity contribution in [2.75, 3.05) is 24.2 Å². The van der Waals surface area contributed by atoms with Crippen LogP contribution in [0.25, 0.3) is 0 Å². The molecule has 0 saturated heterocycles. The average molecular weight is 212 g/mol. The Hall–Kier alpha value is -1.29. The van der Waals surface area contributed by atoms with Crippen molar-refractivity contribution in [3.63, 3.8) is 0 Å². The minimum Gasteiger partial charge on any atom is -0.397 e. The van der Waals surface area contributed by atoms with Crippen molar-refractivity contribution in [2.45, 2.75) is 13.8 Å². The zero-order valence-corrected chi connectivity index (χ0v) is 9.05. The van der Waals surface area contributed by atoms with Crippen LogP contribution in [0.2, 0.25) is 0 Å². The van der Waals surface area contributed by atoms with Gasteiger partial charge in [0.2, 0.25) is 0 Å². The van der Waals surface area contributed by atoms with E-state index in [1.165, 1.54) is 6.07 Å². The maximum Gasteiger partial charge on any atom is 0.128 e. The van der Waals surface area contributed by atoms with Crippen molar-refractivity contribution in [2.24, 2.45) is 5.92 Å². The number of aliphatic hydroxyl groups is 1. The van der Waals surface area contributed by atoms with Gasteiger partial charge in [0.15, 0.2) is 0 Å². The van der Waals surface area contributed by atoms with Crippen LogP contribution in [-0.4, -0.2) is 18.3 Å². The van der Waals surface area contributed by atoms with E-state index in [0.29, 0.717) is 23.5 Å². The number of nitrogen functional groups attached to an aromatic ring is 1. The lowest BCUT2D eigenvalue weighted by molar-refractivity contribution is 0.244. The Morgan fingerprint density at radius 1 is 1.53 bits per heavy atom. The molecule has 4 N–H and O–H groups in total. The lowest BCUT2D eigenvalue weighted by atomic mass is 10.1. The number of nitrogens with one attached hydrogen (secondary N) is 1. The third-order valence-corrected chi connectivity index (χ3v) is 2.28. The summed E-state index contributed by atoms with van der Waals surface area (Å²) in [6, 6.07) is 2.98. The van der Waals surface area contributed by atoms with Crippen LogP contribution in [0, 0.1) is 18.7 Å². The van der Waals surface area contributed by atoms with Gasteiger partial charge in [0.05, 0.1) is 11.4 Å². The lowest BCUT2D eigenvalue weighted by Crippen LogP contribution is -2.15. The molecule has 0 aliphatic carbocycles. The van der Waals surface area contributed by atoms with Crippen LogP contribution >= 0.6 is 0 Å². The molecule has 0 aliphatic rings. The minimum atomic E-state index is -0.298. The molecule has 4 heteroatoms. The second kappa shape index (κ2) is 4.98. The third kappa shape index (κ3) is 3.09. The number of aliphatic hydroxyl groups excluding tert-OH is 1. The summed E-state index contributed by atoms with van der Waals surface area (Å²) in [6.07, 6.45) is 0. The highest BCUT2D eigenvalue weighted by Crippen LogP contribution is 2.22. The van der Waals surface area contributed by atoms with Crippen LogP contribution in [0.5, 0.6) is 0 Å². The summed E-state index contributed by atoms with van der Waals surface area (Å²) >= 11 is 0. The van der Waals surface area contributed by atoms with E-state index in [4.69, 9.17) is 10.8 Å². The highest BCUT2D eigenvalue weighted by Gasteiger charge is 2.05. The van der Waals surface area contributed by atoms with Crippen LogP contribution in [0.1, 0.15) is 12.5 Å². The van der Waals surface area contributed by atoms with E-state index in [9.17, 15) is 4.39 Å². The fourth-order valence-electron chi connectivity index (χ4n) is 1.20. The van der Waals surface area contributed by atoms with E-state index in [0.717, 1.165) is 0 Å². The number of hydrogen-bond donors (Lipinski definition) is 3. The van der Waals surface area contributed by atoms with E-state index in [2.05, 4.69) is 5.32 Å². The van der Waals surface area contributed by atoms with Gasteiger partial charge >= 0.3 is 0 Å². The van der Waals surface area contributed by atoms with Crippen LogP contribution in [-0.2, 0) is 0 Å². The van der Waals surface area contributed by atoms with Gasteiger partial charge in [-0.1, -0.05) is 6.92 Å². The summed E-state index contributed by atoms with van der Waals surface area (Å²) < 4.78 is 13.1. The minimum absolute atomic E-state index is 0.118. The highest BCUT2D eigenvalue weighted by molar-refractivity contribution is 5.67. The highest BCUT2D eigenvalue weighted by atomic mass is 19.1. The Kier molecular flexibility index (Phi) is 3.91. The molecule has 0 amide bonds. The molecule has 1 unspecified atom stereocenters. The standard InChI is InChI=1S/C11H17FN2O/c1-7(6-15)5-14-11-3-8(2)9(12)4-10(11)13/h3-4,7,14-15H,5-6,13H2,1-2H3. The van der Waals surface area contributed by atoms with E-state index >= 15 is 0 Å². The number of rotatable bonds is 4. The van der Waals surface area contributed by atoms with Crippen molar-refractivity contribution in [1.82, 2.24) is 0 Å². The Morgan fingerprint density at radius 2 is 2.20 bits per heavy atom. The number of benzene rings is 1. The molecule has 0 radical (unpaired) electrons.